The van der Waals surface area contributed by atoms with E-state index in [0.29, 0.717) is 5.57 Å². The van der Waals surface area contributed by atoms with Gasteiger partial charge in [0.15, 0.2) is 23.2 Å². The summed E-state index contributed by atoms with van der Waals surface area (Å²) in [7, 11) is 0. The zero-order valence-electron chi connectivity index (χ0n) is 21.1. The van der Waals surface area contributed by atoms with Gasteiger partial charge in [-0.15, -0.1) is 34.9 Å². The number of aliphatic carboxylic acids is 2. The molecule has 0 spiro atoms. The number of hydrogen-bond acceptors (Lipinski definition) is 11. The number of β-lactam (4-membered cyclic amide) rings is 1. The second-order valence-corrected chi connectivity index (χ2v) is 11.7. The van der Waals surface area contributed by atoms with Gasteiger partial charge in [0.25, 0.3) is 18.2 Å². The summed E-state index contributed by atoms with van der Waals surface area (Å²) in [5.74, 6) is -3.66. The first kappa shape index (κ1) is 30.2. The zero-order chi connectivity index (χ0) is 29.8. The highest BCUT2D eigenvalue weighted by Gasteiger charge is 2.54. The number of alkyl halides is 2. The van der Waals surface area contributed by atoms with Crippen LogP contribution in [0.4, 0.5) is 13.9 Å². The lowest BCUT2D eigenvalue weighted by atomic mass is 10.0. The van der Waals surface area contributed by atoms with Gasteiger partial charge in [-0.3, -0.25) is 14.5 Å². The molecule has 41 heavy (non-hydrogen) atoms. The first-order chi connectivity index (χ1) is 19.5. The first-order valence-electron chi connectivity index (χ1n) is 11.7. The largest absolute Gasteiger partial charge is 0.478 e. The molecule has 1 saturated heterocycles. The van der Waals surface area contributed by atoms with Crippen LogP contribution in [0, 0.1) is 0 Å². The number of halogens is 2. The average Bonchev–Trinajstić information content (AvgIpc) is 3.35. The van der Waals surface area contributed by atoms with E-state index in [1.807, 2.05) is 0 Å². The Bertz CT molecular complexity index is 1420. The molecular weight excluding hydrogens is 606 g/mol. The Balaban J connectivity index is 1.46. The fourth-order valence-corrected chi connectivity index (χ4v) is 6.69. The van der Waals surface area contributed by atoms with Gasteiger partial charge >= 0.3 is 11.9 Å². The topological polar surface area (TPSA) is 188 Å². The summed E-state index contributed by atoms with van der Waals surface area (Å²) in [5.41, 5.74) is 5.56. The quantitative estimate of drug-likeness (QED) is 0.0862. The third kappa shape index (κ3) is 6.94. The monoisotopic (exact) mass is 629 g/mol. The summed E-state index contributed by atoms with van der Waals surface area (Å²) in [4.78, 5) is 60.1. The summed E-state index contributed by atoms with van der Waals surface area (Å²) in [6.07, 6.45) is -0.860. The summed E-state index contributed by atoms with van der Waals surface area (Å²) < 4.78 is 26.5. The van der Waals surface area contributed by atoms with E-state index in [1.54, 1.807) is 12.1 Å². The van der Waals surface area contributed by atoms with Crippen molar-refractivity contribution in [3.05, 3.63) is 46.9 Å². The molecule has 5 N–H and O–H groups in total. The zero-order valence-corrected chi connectivity index (χ0v) is 23.5. The lowest BCUT2D eigenvalue weighted by molar-refractivity contribution is -0.705. The molecule has 4 heterocycles. The van der Waals surface area contributed by atoms with Gasteiger partial charge in [-0.1, -0.05) is 5.16 Å². The number of anilines is 1. The summed E-state index contributed by atoms with van der Waals surface area (Å²) in [5, 5.41) is 25.9. The number of nitrogens with zero attached hydrogens (tertiary/aromatic N) is 4. The van der Waals surface area contributed by atoms with Gasteiger partial charge in [0.1, 0.15) is 22.8 Å². The number of nitrogens with one attached hydrogen (secondary N) is 1. The van der Waals surface area contributed by atoms with E-state index >= 15 is 0 Å². The van der Waals surface area contributed by atoms with Gasteiger partial charge in [-0.05, 0) is 12.5 Å². The Morgan fingerprint density at radius 3 is 2.63 bits per heavy atom. The molecule has 2 aliphatic heterocycles. The van der Waals surface area contributed by atoms with Gasteiger partial charge in [0, 0.05) is 33.9 Å². The van der Waals surface area contributed by atoms with Crippen molar-refractivity contribution in [1.29, 1.82) is 0 Å². The minimum absolute atomic E-state index is 0.00795. The van der Waals surface area contributed by atoms with Crippen molar-refractivity contribution in [1.82, 2.24) is 15.2 Å². The van der Waals surface area contributed by atoms with Crippen LogP contribution < -0.4 is 15.6 Å². The maximum absolute atomic E-state index is 13.1. The molecule has 18 heteroatoms. The highest BCUT2D eigenvalue weighted by molar-refractivity contribution is 8.01. The number of thiazole rings is 1. The van der Waals surface area contributed by atoms with Crippen molar-refractivity contribution in [3.8, 4) is 0 Å². The highest BCUT2D eigenvalue weighted by Crippen LogP contribution is 2.41. The minimum atomic E-state index is -2.49. The maximum atomic E-state index is 13.1. The second kappa shape index (κ2) is 12.8. The van der Waals surface area contributed by atoms with Crippen LogP contribution in [0.2, 0.25) is 0 Å². The third-order valence-corrected chi connectivity index (χ3v) is 8.90. The first-order valence-corrected chi connectivity index (χ1v) is 14.7. The number of carboxylic acids is 2. The Labute approximate surface area is 243 Å². The molecule has 0 bridgehead atoms. The SMILES string of the molecule is C[C@H](ON=C(C(=O)N[C@@H]1C(=O)N2C(C(=O)O)=C(CSc3cc[n+](CC(F)F)cc3)CS[C@H]12)c1csc(N)n1)C(=O)O. The number of aromatic nitrogens is 2. The molecule has 4 rings (SSSR count). The molecule has 2 aromatic heterocycles. The van der Waals surface area contributed by atoms with Crippen LogP contribution in [-0.2, 0) is 30.6 Å². The van der Waals surface area contributed by atoms with Crippen LogP contribution in [0.5, 0.6) is 0 Å². The van der Waals surface area contributed by atoms with Crippen molar-refractivity contribution in [2.75, 3.05) is 17.2 Å². The van der Waals surface area contributed by atoms with E-state index in [4.69, 9.17) is 15.7 Å². The molecule has 0 aromatic carbocycles. The van der Waals surface area contributed by atoms with Crippen LogP contribution in [0.3, 0.4) is 0 Å². The van der Waals surface area contributed by atoms with Gasteiger partial charge < -0.3 is 26.1 Å². The van der Waals surface area contributed by atoms with E-state index in [-0.39, 0.29) is 28.0 Å². The molecule has 0 unspecified atom stereocenters. The smallest absolute Gasteiger partial charge is 0.352 e. The van der Waals surface area contributed by atoms with Crippen molar-refractivity contribution in [3.63, 3.8) is 0 Å². The number of fused-ring (bicyclic) bond motifs is 1. The summed E-state index contributed by atoms with van der Waals surface area (Å²) in [6.45, 7) is 0.769. The highest BCUT2D eigenvalue weighted by atomic mass is 32.2. The lowest BCUT2D eigenvalue weighted by Crippen LogP contribution is -2.71. The molecular formula is C23H23F2N6O7S3+. The molecule has 0 radical (unpaired) electrons. The summed E-state index contributed by atoms with van der Waals surface area (Å²) in [6, 6.07) is 2.19. The normalized spacial score (nSPS) is 19.5. The van der Waals surface area contributed by atoms with Crippen LogP contribution in [0.1, 0.15) is 12.6 Å². The van der Waals surface area contributed by atoms with Gasteiger partial charge in [-0.2, -0.15) is 4.57 Å². The predicted octanol–water partition coefficient (Wildman–Crippen LogP) is 1.00. The lowest BCUT2D eigenvalue weighted by Gasteiger charge is -2.49. The van der Waals surface area contributed by atoms with Crippen LogP contribution in [0.25, 0.3) is 0 Å². The average molecular weight is 630 g/mol. The number of hydrogen-bond donors (Lipinski definition) is 4. The number of oxime groups is 1. The van der Waals surface area contributed by atoms with E-state index in [1.165, 1.54) is 52.8 Å². The molecule has 13 nitrogen and oxygen atoms in total. The van der Waals surface area contributed by atoms with E-state index in [0.717, 1.165) is 21.1 Å². The van der Waals surface area contributed by atoms with Crippen LogP contribution in [-0.4, -0.2) is 85.0 Å². The molecule has 0 aliphatic carbocycles. The Hall–Kier alpha value is -3.77. The molecule has 2 aliphatic rings. The Kier molecular flexibility index (Phi) is 9.44. The molecule has 3 atom stereocenters. The fraction of sp³-hybridized carbons (Fsp3) is 0.348. The number of carbonyl (C=O) groups excluding carboxylic acids is 2. The maximum Gasteiger partial charge on any atom is 0.352 e. The number of amides is 2. The number of carboxylic acid groups (broad SMARTS) is 2. The number of nitrogens with two attached hydrogens (primary N) is 1. The molecule has 218 valence electrons. The van der Waals surface area contributed by atoms with Crippen molar-refractivity contribution in [2.45, 2.75) is 42.3 Å². The minimum Gasteiger partial charge on any atom is -0.478 e. The summed E-state index contributed by atoms with van der Waals surface area (Å²) >= 11 is 3.57. The number of thioether (sulfide) groups is 2. The second-order valence-electron chi connectivity index (χ2n) is 8.63. The molecule has 0 saturated carbocycles. The standard InChI is InChI=1S/C23H22F2N6O7S3/c1-10(21(34)35)38-29-15(13-9-41-23(26)27-13)18(32)28-16-19(33)31-17(22(36)37)11(8-40-20(16)31)7-39-12-2-4-30(5-3-12)6-14(24)25/h2-5,9-10,14,16,20H,6-8H2,1H3,(H4-,26,27,28,32,34,35,36,37)/p+1/t10-,16+,20+/m0/s1. The Morgan fingerprint density at radius 2 is 2.05 bits per heavy atom. The van der Waals surface area contributed by atoms with E-state index in [9.17, 15) is 33.1 Å². The number of nitrogen functional groups attached to an aromatic ring is 1. The van der Waals surface area contributed by atoms with Gasteiger partial charge in [0.2, 0.25) is 12.6 Å². The fourth-order valence-electron chi connectivity index (χ4n) is 3.77. The number of carbonyl (C=O) groups is 4. The van der Waals surface area contributed by atoms with Crippen molar-refractivity contribution < 1.29 is 47.6 Å². The van der Waals surface area contributed by atoms with Crippen molar-refractivity contribution in [2.24, 2.45) is 5.16 Å². The molecule has 2 aromatic rings. The van der Waals surface area contributed by atoms with Gasteiger partial charge in [0.05, 0.1) is 0 Å². The van der Waals surface area contributed by atoms with E-state index in [2.05, 4.69) is 15.5 Å². The van der Waals surface area contributed by atoms with Crippen LogP contribution in [0.15, 0.2) is 51.2 Å². The number of rotatable bonds is 12. The number of pyridine rings is 1. The molecule has 2 amide bonds. The van der Waals surface area contributed by atoms with Crippen molar-refractivity contribution >= 4 is 69.5 Å². The molecule has 1 fully saturated rings. The predicted molar refractivity (Wildman–Crippen MR) is 144 cm³/mol. The Morgan fingerprint density at radius 1 is 1.34 bits per heavy atom. The van der Waals surface area contributed by atoms with Crippen LogP contribution >= 0.6 is 34.9 Å². The van der Waals surface area contributed by atoms with E-state index < -0.39 is 60.0 Å². The van der Waals surface area contributed by atoms with Gasteiger partial charge in [-0.25, -0.2) is 23.4 Å². The third-order valence-electron chi connectivity index (χ3n) is 5.79.